The first-order valence-corrected chi connectivity index (χ1v) is 11.1. The maximum absolute atomic E-state index is 6.62. The van der Waals surface area contributed by atoms with Crippen LogP contribution in [-0.2, 0) is 4.74 Å². The minimum Gasteiger partial charge on any atom is -0.463 e. The Kier molecular flexibility index (Phi) is 5.25. The van der Waals surface area contributed by atoms with Crippen LogP contribution in [0.1, 0.15) is 48.8 Å². The minimum absolute atomic E-state index is 0.0328. The van der Waals surface area contributed by atoms with Crippen molar-refractivity contribution in [2.45, 2.75) is 38.4 Å². The fourth-order valence-electron chi connectivity index (χ4n) is 4.91. The van der Waals surface area contributed by atoms with Crippen molar-refractivity contribution in [3.8, 4) is 16.9 Å². The number of hydrogen-bond acceptors (Lipinski definition) is 2. The number of ether oxygens (including phenoxy) is 2. The Balaban J connectivity index is 1.58. The summed E-state index contributed by atoms with van der Waals surface area (Å²) in [6.07, 6.45) is 0.697. The van der Waals surface area contributed by atoms with Crippen molar-refractivity contribution in [3.05, 3.63) is 102 Å². The Morgan fingerprint density at radius 2 is 1.32 bits per heavy atom. The summed E-state index contributed by atoms with van der Waals surface area (Å²) in [5, 5.41) is 2.40. The van der Waals surface area contributed by atoms with Crippen LogP contribution in [0.5, 0.6) is 5.75 Å². The molecule has 0 bridgehead atoms. The third-order valence-corrected chi connectivity index (χ3v) is 6.69. The van der Waals surface area contributed by atoms with Gasteiger partial charge in [-0.3, -0.25) is 0 Å². The normalized spacial score (nSPS) is 14.8. The van der Waals surface area contributed by atoms with E-state index >= 15 is 0 Å². The van der Waals surface area contributed by atoms with Crippen molar-refractivity contribution in [2.75, 3.05) is 7.11 Å². The van der Waals surface area contributed by atoms with Gasteiger partial charge in [0, 0.05) is 12.5 Å². The van der Waals surface area contributed by atoms with E-state index in [0.717, 1.165) is 17.6 Å². The highest BCUT2D eigenvalue weighted by Crippen LogP contribution is 2.47. The van der Waals surface area contributed by atoms with Gasteiger partial charge in [-0.25, -0.2) is 0 Å². The van der Waals surface area contributed by atoms with E-state index in [-0.39, 0.29) is 5.92 Å². The van der Waals surface area contributed by atoms with Crippen LogP contribution in [0.3, 0.4) is 0 Å². The Labute approximate surface area is 184 Å². The van der Waals surface area contributed by atoms with E-state index in [2.05, 4.69) is 98.8 Å². The molecule has 2 atom stereocenters. The highest BCUT2D eigenvalue weighted by molar-refractivity contribution is 5.91. The van der Waals surface area contributed by atoms with Crippen molar-refractivity contribution in [1.29, 1.82) is 0 Å². The van der Waals surface area contributed by atoms with Crippen LogP contribution in [0.25, 0.3) is 21.9 Å². The fourth-order valence-corrected chi connectivity index (χ4v) is 4.91. The number of rotatable bonds is 6. The molecule has 0 aromatic heterocycles. The molecule has 1 aliphatic carbocycles. The van der Waals surface area contributed by atoms with E-state index < -0.39 is 6.29 Å². The second kappa shape index (κ2) is 8.20. The average molecular weight is 409 g/mol. The molecular formula is C29H28O2. The molecule has 0 aliphatic heterocycles. The summed E-state index contributed by atoms with van der Waals surface area (Å²) in [6.45, 7) is 4.52. The summed E-state index contributed by atoms with van der Waals surface area (Å²) >= 11 is 0. The second-order valence-corrected chi connectivity index (χ2v) is 8.38. The Hall–Kier alpha value is -3.10. The molecule has 4 aromatic rings. The lowest BCUT2D eigenvalue weighted by Gasteiger charge is -2.26. The molecule has 0 heterocycles. The molecule has 2 unspecified atom stereocenters. The molecule has 0 saturated carbocycles. The number of methoxy groups -OCH3 is 1. The Morgan fingerprint density at radius 3 is 1.94 bits per heavy atom. The first-order chi connectivity index (χ1) is 15.2. The van der Waals surface area contributed by atoms with E-state index in [1.54, 1.807) is 7.11 Å². The largest absolute Gasteiger partial charge is 0.463 e. The summed E-state index contributed by atoms with van der Waals surface area (Å²) < 4.78 is 12.6. The zero-order valence-electron chi connectivity index (χ0n) is 18.3. The lowest BCUT2D eigenvalue weighted by Crippen LogP contribution is -2.27. The molecule has 2 nitrogen and oxygen atoms in total. The van der Waals surface area contributed by atoms with Gasteiger partial charge < -0.3 is 9.47 Å². The maximum Gasteiger partial charge on any atom is 0.210 e. The summed E-state index contributed by atoms with van der Waals surface area (Å²) in [4.78, 5) is 0. The van der Waals surface area contributed by atoms with Crippen molar-refractivity contribution in [1.82, 2.24) is 0 Å². The maximum atomic E-state index is 6.62. The van der Waals surface area contributed by atoms with Gasteiger partial charge in [0.2, 0.25) is 6.29 Å². The van der Waals surface area contributed by atoms with Gasteiger partial charge in [-0.05, 0) is 51.6 Å². The predicted molar refractivity (Wildman–Crippen MR) is 128 cm³/mol. The zero-order valence-corrected chi connectivity index (χ0v) is 18.3. The first kappa shape index (κ1) is 19.8. The quantitative estimate of drug-likeness (QED) is 0.307. The van der Waals surface area contributed by atoms with Crippen LogP contribution in [-0.4, -0.2) is 13.4 Å². The fraction of sp³-hybridized carbons (Fsp3) is 0.241. The lowest BCUT2D eigenvalue weighted by atomic mass is 9.92. The smallest absolute Gasteiger partial charge is 0.210 e. The SMILES string of the molecule is CCC(C)c1ccc(OC(OC)C2c3ccccc3-c3ccccc32)c2ccccc12. The molecule has 0 N–H and O–H groups in total. The molecule has 5 rings (SSSR count). The molecule has 0 radical (unpaired) electrons. The van der Waals surface area contributed by atoms with E-state index in [1.807, 2.05) is 0 Å². The minimum atomic E-state index is -0.414. The molecule has 2 heteroatoms. The highest BCUT2D eigenvalue weighted by Gasteiger charge is 2.36. The van der Waals surface area contributed by atoms with Gasteiger partial charge in [0.05, 0.1) is 5.92 Å². The van der Waals surface area contributed by atoms with Crippen molar-refractivity contribution in [3.63, 3.8) is 0 Å². The van der Waals surface area contributed by atoms with Gasteiger partial charge in [-0.1, -0.05) is 92.7 Å². The van der Waals surface area contributed by atoms with Crippen molar-refractivity contribution in [2.24, 2.45) is 0 Å². The number of hydrogen-bond donors (Lipinski definition) is 0. The molecule has 4 aromatic carbocycles. The second-order valence-electron chi connectivity index (χ2n) is 8.38. The first-order valence-electron chi connectivity index (χ1n) is 11.1. The average Bonchev–Trinajstić information content (AvgIpc) is 3.16. The molecule has 0 amide bonds. The molecule has 156 valence electrons. The third kappa shape index (κ3) is 3.32. The van der Waals surface area contributed by atoms with Crippen molar-refractivity contribution < 1.29 is 9.47 Å². The predicted octanol–water partition coefficient (Wildman–Crippen LogP) is 7.52. The van der Waals surface area contributed by atoms with Crippen LogP contribution < -0.4 is 4.74 Å². The summed E-state index contributed by atoms with van der Waals surface area (Å²) in [7, 11) is 1.74. The van der Waals surface area contributed by atoms with E-state index in [9.17, 15) is 0 Å². The van der Waals surface area contributed by atoms with Gasteiger partial charge in [0.1, 0.15) is 5.75 Å². The lowest BCUT2D eigenvalue weighted by molar-refractivity contribution is -0.0620. The summed E-state index contributed by atoms with van der Waals surface area (Å²) in [5.74, 6) is 1.41. The van der Waals surface area contributed by atoms with Crippen LogP contribution in [0.2, 0.25) is 0 Å². The third-order valence-electron chi connectivity index (χ3n) is 6.69. The van der Waals surface area contributed by atoms with Crippen LogP contribution in [0.4, 0.5) is 0 Å². The summed E-state index contributed by atoms with van der Waals surface area (Å²) in [6, 6.07) is 30.0. The van der Waals surface area contributed by atoms with Gasteiger partial charge in [0.15, 0.2) is 0 Å². The molecule has 1 aliphatic rings. The molecule has 0 spiro atoms. The molecular weight excluding hydrogens is 380 g/mol. The topological polar surface area (TPSA) is 18.5 Å². The van der Waals surface area contributed by atoms with E-state index in [4.69, 9.17) is 9.47 Å². The highest BCUT2D eigenvalue weighted by atomic mass is 16.7. The van der Waals surface area contributed by atoms with Crippen molar-refractivity contribution >= 4 is 10.8 Å². The molecule has 31 heavy (non-hydrogen) atoms. The van der Waals surface area contributed by atoms with Gasteiger partial charge >= 0.3 is 0 Å². The number of fused-ring (bicyclic) bond motifs is 4. The zero-order chi connectivity index (χ0) is 21.4. The molecule has 0 saturated heterocycles. The van der Waals surface area contributed by atoms with E-state index in [0.29, 0.717) is 5.92 Å². The van der Waals surface area contributed by atoms with E-state index in [1.165, 1.54) is 33.2 Å². The van der Waals surface area contributed by atoms with Crippen LogP contribution in [0, 0.1) is 0 Å². The number of benzene rings is 4. The standard InChI is InChI=1S/C29H28O2/c1-4-19(2)20-17-18-27(24-14-8-5-11-21(20)24)31-29(30-3)28-25-15-9-6-12-22(25)23-13-7-10-16-26(23)28/h5-19,28-29H,4H2,1-3H3. The van der Waals surface area contributed by atoms with Gasteiger partial charge in [0.25, 0.3) is 0 Å². The Bertz CT molecular complexity index is 1180. The van der Waals surface area contributed by atoms with Gasteiger partial charge in [-0.2, -0.15) is 0 Å². The monoisotopic (exact) mass is 408 g/mol. The Morgan fingerprint density at radius 1 is 0.742 bits per heavy atom. The van der Waals surface area contributed by atoms with Crippen LogP contribution in [0.15, 0.2) is 84.9 Å². The summed E-state index contributed by atoms with van der Waals surface area (Å²) in [5.41, 5.74) is 6.43. The van der Waals surface area contributed by atoms with Gasteiger partial charge in [-0.15, -0.1) is 0 Å². The van der Waals surface area contributed by atoms with Crippen LogP contribution >= 0.6 is 0 Å². The molecule has 0 fully saturated rings.